The van der Waals surface area contributed by atoms with E-state index in [4.69, 9.17) is 9.47 Å². The topological polar surface area (TPSA) is 40.5 Å². The van der Waals surface area contributed by atoms with Crippen molar-refractivity contribution >= 4 is 16.9 Å². The van der Waals surface area contributed by atoms with Crippen LogP contribution in [-0.4, -0.2) is 23.8 Å². The highest BCUT2D eigenvalue weighted by atomic mass is 16.5. The van der Waals surface area contributed by atoms with E-state index in [0.717, 1.165) is 35.3 Å². The van der Waals surface area contributed by atoms with Crippen LogP contribution in [0.15, 0.2) is 18.2 Å². The van der Waals surface area contributed by atoms with Gasteiger partial charge in [0.1, 0.15) is 5.75 Å². The van der Waals surface area contributed by atoms with Crippen LogP contribution in [0.25, 0.3) is 10.9 Å². The van der Waals surface area contributed by atoms with Crippen molar-refractivity contribution in [3.8, 4) is 5.75 Å². The molecular weight excluding hydrogens is 266 g/mol. The Labute approximate surface area is 125 Å². The lowest BCUT2D eigenvalue weighted by Crippen LogP contribution is -2.07. The molecule has 0 radical (unpaired) electrons. The summed E-state index contributed by atoms with van der Waals surface area (Å²) >= 11 is 0. The zero-order valence-corrected chi connectivity index (χ0v) is 13.2. The fourth-order valence-electron chi connectivity index (χ4n) is 2.69. The van der Waals surface area contributed by atoms with Crippen LogP contribution in [0.1, 0.15) is 43.2 Å². The lowest BCUT2D eigenvalue weighted by molar-refractivity contribution is 0.0527. The Bertz CT molecular complexity index is 643. The minimum Gasteiger partial charge on any atom is -0.494 e. The zero-order chi connectivity index (χ0) is 15.4. The van der Waals surface area contributed by atoms with Gasteiger partial charge in [-0.15, -0.1) is 0 Å². The molecule has 114 valence electrons. The van der Waals surface area contributed by atoms with Crippen molar-refractivity contribution in [3.63, 3.8) is 0 Å². The molecule has 1 aromatic heterocycles. The van der Waals surface area contributed by atoms with Crippen LogP contribution >= 0.6 is 0 Å². The number of ether oxygens (including phenoxy) is 2. The summed E-state index contributed by atoms with van der Waals surface area (Å²) in [5, 5.41) is 0.908. The fraction of sp³-hybridized carbons (Fsp3) is 0.471. The maximum Gasteiger partial charge on any atom is 0.340 e. The molecule has 4 nitrogen and oxygen atoms in total. The third-order valence-corrected chi connectivity index (χ3v) is 3.53. The van der Waals surface area contributed by atoms with Crippen LogP contribution in [-0.2, 0) is 11.3 Å². The molecule has 2 rings (SSSR count). The molecule has 0 spiro atoms. The van der Waals surface area contributed by atoms with Gasteiger partial charge in [0.2, 0.25) is 0 Å². The molecule has 0 aliphatic carbocycles. The van der Waals surface area contributed by atoms with E-state index in [9.17, 15) is 4.79 Å². The van der Waals surface area contributed by atoms with Crippen LogP contribution < -0.4 is 4.74 Å². The van der Waals surface area contributed by atoms with Gasteiger partial charge in [-0.2, -0.15) is 0 Å². The van der Waals surface area contributed by atoms with E-state index in [1.165, 1.54) is 0 Å². The van der Waals surface area contributed by atoms with Crippen molar-refractivity contribution in [1.29, 1.82) is 0 Å². The second-order valence-electron chi connectivity index (χ2n) is 4.94. The van der Waals surface area contributed by atoms with E-state index in [-0.39, 0.29) is 5.97 Å². The number of nitrogens with zero attached hydrogens (tertiary/aromatic N) is 1. The van der Waals surface area contributed by atoms with Crippen LogP contribution in [0.4, 0.5) is 0 Å². The average Bonchev–Trinajstić information content (AvgIpc) is 2.72. The molecule has 1 aromatic carbocycles. The molecule has 0 fully saturated rings. The first kappa shape index (κ1) is 15.4. The molecule has 4 heteroatoms. The number of esters is 1. The van der Waals surface area contributed by atoms with Gasteiger partial charge in [-0.05, 0) is 45.4 Å². The second kappa shape index (κ2) is 6.66. The molecule has 0 bridgehead atoms. The summed E-state index contributed by atoms with van der Waals surface area (Å²) in [4.78, 5) is 12.3. The normalized spacial score (nSPS) is 10.9. The van der Waals surface area contributed by atoms with Gasteiger partial charge in [0, 0.05) is 23.1 Å². The van der Waals surface area contributed by atoms with Gasteiger partial charge >= 0.3 is 5.97 Å². The van der Waals surface area contributed by atoms with Gasteiger partial charge in [0.15, 0.2) is 0 Å². The summed E-state index contributed by atoms with van der Waals surface area (Å²) in [5.74, 6) is 0.521. The summed E-state index contributed by atoms with van der Waals surface area (Å²) in [5.41, 5.74) is 2.67. The van der Waals surface area contributed by atoms with E-state index in [0.29, 0.717) is 18.8 Å². The van der Waals surface area contributed by atoms with Crippen molar-refractivity contribution in [2.45, 2.75) is 40.7 Å². The summed E-state index contributed by atoms with van der Waals surface area (Å²) in [6.07, 6.45) is 1.01. The number of benzene rings is 1. The minimum atomic E-state index is -0.261. The Morgan fingerprint density at radius 3 is 2.57 bits per heavy atom. The molecule has 0 unspecified atom stereocenters. The number of rotatable bonds is 6. The quantitative estimate of drug-likeness (QED) is 0.756. The number of fused-ring (bicyclic) bond motifs is 1. The Morgan fingerprint density at radius 1 is 1.19 bits per heavy atom. The van der Waals surface area contributed by atoms with E-state index < -0.39 is 0 Å². The predicted molar refractivity (Wildman–Crippen MR) is 84.1 cm³/mol. The van der Waals surface area contributed by atoms with Crippen molar-refractivity contribution in [2.75, 3.05) is 13.2 Å². The first-order valence-corrected chi connectivity index (χ1v) is 7.56. The Hall–Kier alpha value is -1.97. The summed E-state index contributed by atoms with van der Waals surface area (Å²) in [6, 6.07) is 5.91. The maximum absolute atomic E-state index is 12.3. The maximum atomic E-state index is 12.3. The Kier molecular flexibility index (Phi) is 4.89. The highest BCUT2D eigenvalue weighted by Gasteiger charge is 2.21. The predicted octanol–water partition coefficient (Wildman–Crippen LogP) is 3.94. The highest BCUT2D eigenvalue weighted by Crippen LogP contribution is 2.30. The number of hydrogen-bond donors (Lipinski definition) is 0. The zero-order valence-electron chi connectivity index (χ0n) is 13.2. The molecule has 0 aliphatic heterocycles. The molecule has 0 saturated carbocycles. The van der Waals surface area contributed by atoms with Crippen LogP contribution in [0.2, 0.25) is 0 Å². The Balaban J connectivity index is 2.64. The van der Waals surface area contributed by atoms with Gasteiger partial charge in [0.25, 0.3) is 0 Å². The molecule has 0 atom stereocenters. The van der Waals surface area contributed by atoms with E-state index >= 15 is 0 Å². The molecule has 21 heavy (non-hydrogen) atoms. The Morgan fingerprint density at radius 2 is 1.95 bits per heavy atom. The number of carbonyl (C=O) groups is 1. The van der Waals surface area contributed by atoms with E-state index in [1.54, 1.807) is 0 Å². The highest BCUT2D eigenvalue weighted by molar-refractivity contribution is 6.06. The van der Waals surface area contributed by atoms with Gasteiger partial charge in [0.05, 0.1) is 18.8 Å². The summed E-state index contributed by atoms with van der Waals surface area (Å²) in [6.45, 7) is 9.74. The fourth-order valence-corrected chi connectivity index (χ4v) is 2.69. The van der Waals surface area contributed by atoms with Crippen molar-refractivity contribution in [1.82, 2.24) is 4.57 Å². The number of aromatic nitrogens is 1. The number of aryl methyl sites for hydroxylation is 1. The third kappa shape index (κ3) is 2.89. The smallest absolute Gasteiger partial charge is 0.340 e. The molecule has 0 N–H and O–H groups in total. The minimum absolute atomic E-state index is 0.261. The average molecular weight is 289 g/mol. The van der Waals surface area contributed by atoms with Crippen molar-refractivity contribution < 1.29 is 14.3 Å². The molecule has 0 aliphatic rings. The van der Waals surface area contributed by atoms with Gasteiger partial charge in [-0.25, -0.2) is 4.79 Å². The second-order valence-corrected chi connectivity index (χ2v) is 4.94. The lowest BCUT2D eigenvalue weighted by atomic mass is 10.1. The van der Waals surface area contributed by atoms with Crippen molar-refractivity contribution in [2.24, 2.45) is 0 Å². The number of hydrogen-bond acceptors (Lipinski definition) is 3. The molecule has 0 saturated heterocycles. The van der Waals surface area contributed by atoms with Gasteiger partial charge in [-0.3, -0.25) is 0 Å². The first-order chi connectivity index (χ1) is 10.1. The first-order valence-electron chi connectivity index (χ1n) is 7.56. The number of carbonyl (C=O) groups excluding carboxylic acids is 1. The summed E-state index contributed by atoms with van der Waals surface area (Å²) in [7, 11) is 0. The molecule has 1 heterocycles. The molecule has 0 amide bonds. The van der Waals surface area contributed by atoms with Gasteiger partial charge < -0.3 is 14.0 Å². The van der Waals surface area contributed by atoms with E-state index in [1.807, 2.05) is 39.0 Å². The SMILES string of the molecule is CCCn1c(C)c(C(=O)OCC)c2cc(OCC)ccc21. The molecule has 2 aromatic rings. The lowest BCUT2D eigenvalue weighted by Gasteiger charge is -2.07. The van der Waals surface area contributed by atoms with Gasteiger partial charge in [-0.1, -0.05) is 6.92 Å². The van der Waals surface area contributed by atoms with Crippen LogP contribution in [0.3, 0.4) is 0 Å². The summed E-state index contributed by atoms with van der Waals surface area (Å²) < 4.78 is 12.9. The standard InChI is InChI=1S/C17H23NO3/c1-5-10-18-12(4)16(17(19)21-7-3)14-11-13(20-6-2)8-9-15(14)18/h8-9,11H,5-7,10H2,1-4H3. The monoisotopic (exact) mass is 289 g/mol. The van der Waals surface area contributed by atoms with E-state index in [2.05, 4.69) is 11.5 Å². The van der Waals surface area contributed by atoms with Crippen LogP contribution in [0.5, 0.6) is 5.75 Å². The largest absolute Gasteiger partial charge is 0.494 e. The van der Waals surface area contributed by atoms with Crippen LogP contribution in [0, 0.1) is 6.92 Å². The molecular formula is C17H23NO3. The third-order valence-electron chi connectivity index (χ3n) is 3.53. The van der Waals surface area contributed by atoms with Crippen molar-refractivity contribution in [3.05, 3.63) is 29.5 Å².